The van der Waals surface area contributed by atoms with Crippen molar-refractivity contribution in [3.63, 3.8) is 0 Å². The summed E-state index contributed by atoms with van der Waals surface area (Å²) in [6.07, 6.45) is 3.24. The van der Waals surface area contributed by atoms with Gasteiger partial charge in [-0.05, 0) is 24.3 Å². The predicted molar refractivity (Wildman–Crippen MR) is 47.3 cm³/mol. The first kappa shape index (κ1) is 8.81. The Hall–Kier alpha value is -1.28. The van der Waals surface area contributed by atoms with E-state index in [0.717, 1.165) is 0 Å². The van der Waals surface area contributed by atoms with E-state index in [-0.39, 0.29) is 0 Å². The summed E-state index contributed by atoms with van der Waals surface area (Å²) >= 11 is 5.64. The predicted octanol–water partition coefficient (Wildman–Crippen LogP) is 2.43. The molecule has 0 aromatic heterocycles. The molecule has 0 atom stereocenters. The number of ether oxygens (including phenoxy) is 1. The van der Waals surface area contributed by atoms with Crippen molar-refractivity contribution in [2.75, 3.05) is 0 Å². The number of carbonyl (C=O) groups is 1. The minimum Gasteiger partial charge on any atom is -0.465 e. The van der Waals surface area contributed by atoms with E-state index in [4.69, 9.17) is 16.3 Å². The number of halogens is 1. The van der Waals surface area contributed by atoms with Crippen LogP contribution in [0.1, 0.15) is 0 Å². The molecule has 12 heavy (non-hydrogen) atoms. The lowest BCUT2D eigenvalue weighted by atomic mass is 10.3. The van der Waals surface area contributed by atoms with Crippen LogP contribution in [0.4, 0.5) is 0 Å². The van der Waals surface area contributed by atoms with Crippen molar-refractivity contribution in [2.45, 2.75) is 0 Å². The van der Waals surface area contributed by atoms with E-state index in [1.165, 1.54) is 12.3 Å². The van der Waals surface area contributed by atoms with Crippen molar-refractivity contribution < 1.29 is 9.53 Å². The summed E-state index contributed by atoms with van der Waals surface area (Å²) in [7, 11) is 0. The van der Waals surface area contributed by atoms with Gasteiger partial charge in [-0.1, -0.05) is 11.6 Å². The van der Waals surface area contributed by atoms with Gasteiger partial charge in [0.2, 0.25) is 0 Å². The molecule has 1 rings (SSSR count). The number of hydrogen-bond donors (Lipinski definition) is 0. The molecule has 0 heterocycles. The first-order valence-corrected chi connectivity index (χ1v) is 3.73. The van der Waals surface area contributed by atoms with Gasteiger partial charge in [0, 0.05) is 11.1 Å². The summed E-state index contributed by atoms with van der Waals surface area (Å²) in [5.74, 6) is 0.650. The molecule has 3 heteroatoms. The lowest BCUT2D eigenvalue weighted by Crippen LogP contribution is -1.80. The van der Waals surface area contributed by atoms with Crippen molar-refractivity contribution in [1.82, 2.24) is 0 Å². The molecular formula is C9H7ClO2. The zero-order valence-electron chi connectivity index (χ0n) is 6.24. The molecule has 0 aliphatic rings. The number of benzene rings is 1. The molecule has 0 aliphatic heterocycles. The molecule has 62 valence electrons. The molecule has 0 N–H and O–H groups in total. The molecular weight excluding hydrogens is 176 g/mol. The molecule has 2 nitrogen and oxygen atoms in total. The molecule has 0 saturated heterocycles. The third kappa shape index (κ3) is 2.76. The van der Waals surface area contributed by atoms with Crippen LogP contribution in [-0.2, 0) is 4.79 Å². The van der Waals surface area contributed by atoms with Crippen molar-refractivity contribution in [3.8, 4) is 5.75 Å². The lowest BCUT2D eigenvalue weighted by Gasteiger charge is -1.97. The molecule has 0 unspecified atom stereocenters. The largest absolute Gasteiger partial charge is 0.465 e. The fourth-order valence-electron chi connectivity index (χ4n) is 0.663. The fraction of sp³-hybridized carbons (Fsp3) is 0. The Labute approximate surface area is 75.4 Å². The smallest absolute Gasteiger partial charge is 0.145 e. The number of aldehydes is 1. The highest BCUT2D eigenvalue weighted by atomic mass is 35.5. The van der Waals surface area contributed by atoms with Crippen LogP contribution in [0.25, 0.3) is 0 Å². The summed E-state index contributed by atoms with van der Waals surface area (Å²) < 4.78 is 5.03. The summed E-state index contributed by atoms with van der Waals surface area (Å²) in [4.78, 5) is 9.86. The zero-order chi connectivity index (χ0) is 8.81. The second kappa shape index (κ2) is 4.57. The molecule has 0 saturated carbocycles. The third-order valence-corrected chi connectivity index (χ3v) is 1.43. The van der Waals surface area contributed by atoms with Gasteiger partial charge in [0.25, 0.3) is 0 Å². The monoisotopic (exact) mass is 182 g/mol. The van der Waals surface area contributed by atoms with Crippen molar-refractivity contribution in [3.05, 3.63) is 41.6 Å². The van der Waals surface area contributed by atoms with Crippen LogP contribution in [0.15, 0.2) is 36.6 Å². The molecule has 0 aliphatic carbocycles. The number of rotatable bonds is 3. The van der Waals surface area contributed by atoms with E-state index in [2.05, 4.69) is 0 Å². The Morgan fingerprint density at radius 3 is 2.50 bits per heavy atom. The van der Waals surface area contributed by atoms with E-state index in [9.17, 15) is 4.79 Å². The summed E-state index contributed by atoms with van der Waals surface area (Å²) in [6, 6.07) is 6.87. The zero-order valence-corrected chi connectivity index (χ0v) is 6.99. The van der Waals surface area contributed by atoms with Gasteiger partial charge in [-0.25, -0.2) is 0 Å². The maximum absolute atomic E-state index is 9.86. The third-order valence-electron chi connectivity index (χ3n) is 1.17. The average Bonchev–Trinajstić information content (AvgIpc) is 2.09. The lowest BCUT2D eigenvalue weighted by molar-refractivity contribution is -0.104. The molecule has 1 aromatic carbocycles. The molecule has 0 spiro atoms. The van der Waals surface area contributed by atoms with Crippen molar-refractivity contribution >= 4 is 17.9 Å². The highest BCUT2D eigenvalue weighted by molar-refractivity contribution is 6.30. The summed E-state index contributed by atoms with van der Waals surface area (Å²) in [5.41, 5.74) is 0. The molecule has 0 fully saturated rings. The van der Waals surface area contributed by atoms with Gasteiger partial charge in [0.15, 0.2) is 0 Å². The Bertz CT molecular complexity index is 277. The van der Waals surface area contributed by atoms with Crippen LogP contribution in [0.3, 0.4) is 0 Å². The second-order valence-corrected chi connectivity index (χ2v) is 2.47. The minimum absolute atomic E-state index is 0.649. The van der Waals surface area contributed by atoms with Gasteiger partial charge in [-0.2, -0.15) is 0 Å². The Morgan fingerprint density at radius 1 is 1.25 bits per heavy atom. The Balaban J connectivity index is 2.58. The van der Waals surface area contributed by atoms with Gasteiger partial charge in [0.05, 0.1) is 6.26 Å². The summed E-state index contributed by atoms with van der Waals surface area (Å²) in [5, 5.41) is 0.654. The van der Waals surface area contributed by atoms with Gasteiger partial charge < -0.3 is 4.74 Å². The number of carbonyl (C=O) groups excluding carboxylic acids is 1. The quantitative estimate of drug-likeness (QED) is 0.408. The molecule has 0 amide bonds. The maximum Gasteiger partial charge on any atom is 0.145 e. The second-order valence-electron chi connectivity index (χ2n) is 2.04. The highest BCUT2D eigenvalue weighted by Gasteiger charge is 1.89. The molecule has 0 bridgehead atoms. The van der Waals surface area contributed by atoms with Gasteiger partial charge in [0.1, 0.15) is 12.0 Å². The van der Waals surface area contributed by atoms with E-state index in [1.54, 1.807) is 24.3 Å². The maximum atomic E-state index is 9.86. The number of allylic oxidation sites excluding steroid dienone is 1. The first-order valence-electron chi connectivity index (χ1n) is 3.35. The average molecular weight is 183 g/mol. The normalized spacial score (nSPS) is 10.1. The summed E-state index contributed by atoms with van der Waals surface area (Å²) in [6.45, 7) is 0. The van der Waals surface area contributed by atoms with E-state index in [0.29, 0.717) is 17.1 Å². The highest BCUT2D eigenvalue weighted by Crippen LogP contribution is 2.15. The van der Waals surface area contributed by atoms with Crippen LogP contribution in [0.2, 0.25) is 5.02 Å². The van der Waals surface area contributed by atoms with E-state index < -0.39 is 0 Å². The van der Waals surface area contributed by atoms with Crippen molar-refractivity contribution in [1.29, 1.82) is 0 Å². The first-order chi connectivity index (χ1) is 5.83. The molecule has 0 radical (unpaired) electrons. The minimum atomic E-state index is 0.649. The van der Waals surface area contributed by atoms with Crippen LogP contribution >= 0.6 is 11.6 Å². The SMILES string of the molecule is O=C/C=C/Oc1ccc(Cl)cc1. The Kier molecular flexibility index (Phi) is 3.35. The molecule has 1 aromatic rings. The van der Waals surface area contributed by atoms with Crippen LogP contribution in [-0.4, -0.2) is 6.29 Å². The fourth-order valence-corrected chi connectivity index (χ4v) is 0.789. The van der Waals surface area contributed by atoms with Crippen LogP contribution < -0.4 is 4.74 Å². The topological polar surface area (TPSA) is 26.3 Å². The van der Waals surface area contributed by atoms with Crippen LogP contribution in [0, 0.1) is 0 Å². The number of hydrogen-bond acceptors (Lipinski definition) is 2. The van der Waals surface area contributed by atoms with Gasteiger partial charge >= 0.3 is 0 Å². The van der Waals surface area contributed by atoms with E-state index >= 15 is 0 Å². The van der Waals surface area contributed by atoms with Crippen LogP contribution in [0.5, 0.6) is 5.75 Å². The van der Waals surface area contributed by atoms with Gasteiger partial charge in [-0.3, -0.25) is 4.79 Å². The van der Waals surface area contributed by atoms with Gasteiger partial charge in [-0.15, -0.1) is 0 Å². The Morgan fingerprint density at radius 2 is 1.92 bits per heavy atom. The standard InChI is InChI=1S/C9H7ClO2/c10-8-2-4-9(5-3-8)12-7-1-6-11/h1-7H/b7-1+. The van der Waals surface area contributed by atoms with E-state index in [1.807, 2.05) is 0 Å². The van der Waals surface area contributed by atoms with Crippen molar-refractivity contribution in [2.24, 2.45) is 0 Å².